The number of rotatable bonds is 6. The van der Waals surface area contributed by atoms with Crippen LogP contribution < -0.4 is 5.32 Å². The van der Waals surface area contributed by atoms with E-state index in [-0.39, 0.29) is 11.9 Å². The van der Waals surface area contributed by atoms with Crippen LogP contribution in [0, 0.1) is 6.92 Å². The van der Waals surface area contributed by atoms with Crippen molar-refractivity contribution >= 4 is 28.6 Å². The molecule has 7 heteroatoms. The van der Waals surface area contributed by atoms with Crippen LogP contribution in [0.2, 0.25) is 0 Å². The summed E-state index contributed by atoms with van der Waals surface area (Å²) in [5.41, 5.74) is 0.801. The topological polar surface area (TPSA) is 45.2 Å². The number of thiophene rings is 1. The highest BCUT2D eigenvalue weighted by Crippen LogP contribution is 2.23. The summed E-state index contributed by atoms with van der Waals surface area (Å²) >= 11 is 3.23. The van der Waals surface area contributed by atoms with Crippen molar-refractivity contribution in [2.24, 2.45) is 0 Å². The molecule has 0 saturated carbocycles. The number of carbonyl (C=O) groups excluding carboxylic acids is 1. The number of carbonyl (C=O) groups is 1. The number of nitrogens with one attached hydrogen (secondary N) is 1. The van der Waals surface area contributed by atoms with Crippen LogP contribution in [-0.4, -0.2) is 41.1 Å². The molecule has 2 aromatic rings. The lowest BCUT2D eigenvalue weighted by atomic mass is 10.2. The number of hydrogen-bond donors (Lipinski definition) is 1. The molecule has 2 aromatic heterocycles. The minimum Gasteiger partial charge on any atom is -0.354 e. The third kappa shape index (κ3) is 4.59. The molecule has 3 heterocycles. The van der Waals surface area contributed by atoms with Crippen molar-refractivity contribution in [1.82, 2.24) is 15.2 Å². The maximum atomic E-state index is 13.8. The van der Waals surface area contributed by atoms with E-state index >= 15 is 0 Å². The molecular weight excluding hydrogens is 333 g/mol. The molecule has 0 aliphatic carbocycles. The van der Waals surface area contributed by atoms with Crippen molar-refractivity contribution in [3.63, 3.8) is 0 Å². The van der Waals surface area contributed by atoms with E-state index in [1.165, 1.54) is 4.88 Å². The molecule has 1 fully saturated rings. The van der Waals surface area contributed by atoms with Gasteiger partial charge in [-0.05, 0) is 24.8 Å². The Morgan fingerprint density at radius 1 is 1.52 bits per heavy atom. The van der Waals surface area contributed by atoms with Crippen LogP contribution in [-0.2, 0) is 17.8 Å². The summed E-state index contributed by atoms with van der Waals surface area (Å²) in [5, 5.41) is 7.84. The van der Waals surface area contributed by atoms with E-state index < -0.39 is 6.17 Å². The molecule has 0 spiro atoms. The fourth-order valence-electron chi connectivity index (χ4n) is 2.88. The van der Waals surface area contributed by atoms with Gasteiger partial charge in [0.25, 0.3) is 0 Å². The molecule has 0 radical (unpaired) electrons. The number of aryl methyl sites for hydroxylation is 1. The smallest absolute Gasteiger partial charge is 0.226 e. The van der Waals surface area contributed by atoms with Crippen LogP contribution in [0.25, 0.3) is 0 Å². The number of alkyl halides is 1. The van der Waals surface area contributed by atoms with E-state index in [0.717, 1.165) is 17.2 Å². The van der Waals surface area contributed by atoms with E-state index in [1.54, 1.807) is 22.7 Å². The van der Waals surface area contributed by atoms with E-state index in [1.807, 2.05) is 23.8 Å². The molecule has 1 N–H and O–H groups in total. The highest BCUT2D eigenvalue weighted by molar-refractivity contribution is 7.10. The van der Waals surface area contributed by atoms with Gasteiger partial charge in [-0.3, -0.25) is 9.69 Å². The van der Waals surface area contributed by atoms with Gasteiger partial charge in [0, 0.05) is 35.9 Å². The molecular formula is C16H20FN3OS2. The first-order chi connectivity index (χ1) is 11.1. The lowest BCUT2D eigenvalue weighted by molar-refractivity contribution is -0.120. The molecule has 23 heavy (non-hydrogen) atoms. The average Bonchev–Trinajstić information content (AvgIpc) is 3.21. The van der Waals surface area contributed by atoms with Gasteiger partial charge >= 0.3 is 0 Å². The lowest BCUT2D eigenvalue weighted by Gasteiger charge is -2.23. The quantitative estimate of drug-likeness (QED) is 0.869. The van der Waals surface area contributed by atoms with E-state index in [2.05, 4.69) is 21.3 Å². The minimum atomic E-state index is -0.807. The summed E-state index contributed by atoms with van der Waals surface area (Å²) in [6.07, 6.45) is -0.0271. The predicted octanol–water partition coefficient (Wildman–Crippen LogP) is 2.78. The molecule has 1 aliphatic heterocycles. The number of hydrogen-bond acceptors (Lipinski definition) is 5. The van der Waals surface area contributed by atoms with Crippen molar-refractivity contribution in [2.45, 2.75) is 38.5 Å². The molecule has 1 amide bonds. The zero-order valence-corrected chi connectivity index (χ0v) is 14.6. The number of amides is 1. The van der Waals surface area contributed by atoms with Gasteiger partial charge in [-0.2, -0.15) is 0 Å². The molecule has 3 rings (SSSR count). The lowest BCUT2D eigenvalue weighted by Crippen LogP contribution is -2.40. The largest absolute Gasteiger partial charge is 0.354 e. The molecule has 2 atom stereocenters. The van der Waals surface area contributed by atoms with Gasteiger partial charge in [-0.25, -0.2) is 9.37 Å². The third-order valence-electron chi connectivity index (χ3n) is 3.96. The van der Waals surface area contributed by atoms with Gasteiger partial charge in [0.05, 0.1) is 17.1 Å². The van der Waals surface area contributed by atoms with Crippen molar-refractivity contribution in [1.29, 1.82) is 0 Å². The Morgan fingerprint density at radius 2 is 2.39 bits per heavy atom. The summed E-state index contributed by atoms with van der Waals surface area (Å²) in [6, 6.07) is 4.14. The van der Waals surface area contributed by atoms with Crippen molar-refractivity contribution in [2.75, 3.05) is 13.1 Å². The zero-order chi connectivity index (χ0) is 16.2. The van der Waals surface area contributed by atoms with Crippen molar-refractivity contribution in [3.05, 3.63) is 38.5 Å². The molecule has 124 valence electrons. The minimum absolute atomic E-state index is 0.0475. The predicted molar refractivity (Wildman–Crippen MR) is 91.6 cm³/mol. The molecule has 1 saturated heterocycles. The molecule has 0 bridgehead atoms. The highest BCUT2D eigenvalue weighted by Gasteiger charge is 2.32. The zero-order valence-electron chi connectivity index (χ0n) is 13.0. The Hall–Kier alpha value is -1.31. The fraction of sp³-hybridized carbons (Fsp3) is 0.500. The first-order valence-corrected chi connectivity index (χ1v) is 9.44. The van der Waals surface area contributed by atoms with Crippen LogP contribution in [0.1, 0.15) is 22.0 Å². The van der Waals surface area contributed by atoms with Crippen LogP contribution in [0.4, 0.5) is 4.39 Å². The second-order valence-electron chi connectivity index (χ2n) is 5.83. The number of thiazole rings is 1. The second kappa shape index (κ2) is 7.51. The summed E-state index contributed by atoms with van der Waals surface area (Å²) in [6.45, 7) is 3.62. The van der Waals surface area contributed by atoms with Gasteiger partial charge in [-0.1, -0.05) is 6.07 Å². The van der Waals surface area contributed by atoms with Crippen molar-refractivity contribution < 1.29 is 9.18 Å². The first kappa shape index (κ1) is 16.5. The first-order valence-electron chi connectivity index (χ1n) is 7.68. The molecule has 0 unspecified atom stereocenters. The van der Waals surface area contributed by atoms with Gasteiger partial charge in [0.15, 0.2) is 0 Å². The Morgan fingerprint density at radius 3 is 3.09 bits per heavy atom. The molecule has 0 aromatic carbocycles. The summed E-state index contributed by atoms with van der Waals surface area (Å²) in [7, 11) is 0. The Labute approximate surface area is 143 Å². The second-order valence-corrected chi connectivity index (χ2v) is 7.93. The standard InChI is InChI=1S/C16H20FN3OS2/c1-11-19-13(10-23-11)6-16(21)18-7-14-5-12(17)8-20(14)9-15-3-2-4-22-15/h2-4,10,12,14H,5-9H2,1H3,(H,18,21)/t12-,14-/m0/s1. The summed E-state index contributed by atoms with van der Waals surface area (Å²) in [4.78, 5) is 19.7. The van der Waals surface area contributed by atoms with E-state index in [9.17, 15) is 9.18 Å². The van der Waals surface area contributed by atoms with E-state index in [0.29, 0.717) is 25.9 Å². The van der Waals surface area contributed by atoms with Crippen molar-refractivity contribution in [3.8, 4) is 0 Å². The normalized spacial score (nSPS) is 21.7. The Kier molecular flexibility index (Phi) is 5.40. The Bertz CT molecular complexity index is 644. The fourth-order valence-corrected chi connectivity index (χ4v) is 4.22. The third-order valence-corrected chi connectivity index (χ3v) is 5.64. The molecule has 4 nitrogen and oxygen atoms in total. The van der Waals surface area contributed by atoms with Crippen LogP contribution in [0.15, 0.2) is 22.9 Å². The van der Waals surface area contributed by atoms with Gasteiger partial charge in [0.1, 0.15) is 6.17 Å². The number of nitrogens with zero attached hydrogens (tertiary/aromatic N) is 2. The molecule has 1 aliphatic rings. The highest BCUT2D eigenvalue weighted by atomic mass is 32.1. The number of halogens is 1. The van der Waals surface area contributed by atoms with Gasteiger partial charge < -0.3 is 5.32 Å². The monoisotopic (exact) mass is 353 g/mol. The maximum absolute atomic E-state index is 13.8. The Balaban J connectivity index is 1.50. The summed E-state index contributed by atoms with van der Waals surface area (Å²) in [5.74, 6) is -0.0475. The van der Waals surface area contributed by atoms with Gasteiger partial charge in [0.2, 0.25) is 5.91 Å². The van der Waals surface area contributed by atoms with E-state index in [4.69, 9.17) is 0 Å². The average molecular weight is 353 g/mol. The number of likely N-dealkylation sites (tertiary alicyclic amines) is 1. The summed E-state index contributed by atoms with van der Waals surface area (Å²) < 4.78 is 13.8. The van der Waals surface area contributed by atoms with Crippen LogP contribution >= 0.6 is 22.7 Å². The van der Waals surface area contributed by atoms with Gasteiger partial charge in [-0.15, -0.1) is 22.7 Å². The SMILES string of the molecule is Cc1nc(CC(=O)NC[C@@H]2C[C@H](F)CN2Cc2cccs2)cs1. The maximum Gasteiger partial charge on any atom is 0.226 e. The number of aromatic nitrogens is 1. The van der Waals surface area contributed by atoms with Crippen LogP contribution in [0.3, 0.4) is 0 Å². The van der Waals surface area contributed by atoms with Crippen LogP contribution in [0.5, 0.6) is 0 Å².